The van der Waals surface area contributed by atoms with Gasteiger partial charge in [0, 0.05) is 18.9 Å². The predicted octanol–water partition coefficient (Wildman–Crippen LogP) is 2.35. The second-order valence-electron chi connectivity index (χ2n) is 4.94. The van der Waals surface area contributed by atoms with Crippen molar-refractivity contribution in [3.63, 3.8) is 0 Å². The Kier molecular flexibility index (Phi) is 2.98. The minimum Gasteiger partial charge on any atom is -0.508 e. The van der Waals surface area contributed by atoms with Crippen LogP contribution in [0, 0.1) is 0 Å². The summed E-state index contributed by atoms with van der Waals surface area (Å²) in [4.78, 5) is 4.70. The number of aromatic hydroxyl groups is 1. The SMILES string of the molecule is Cn1c(-c2ccc(O)cc2)nc2c(S(C)(=O)=O)cccc21. The summed E-state index contributed by atoms with van der Waals surface area (Å²) < 4.78 is 25.6. The summed E-state index contributed by atoms with van der Waals surface area (Å²) in [5.74, 6) is 0.829. The van der Waals surface area contributed by atoms with E-state index >= 15 is 0 Å². The second kappa shape index (κ2) is 4.60. The van der Waals surface area contributed by atoms with Gasteiger partial charge in [-0.15, -0.1) is 0 Å². The average Bonchev–Trinajstić information content (AvgIpc) is 2.76. The van der Waals surface area contributed by atoms with Gasteiger partial charge in [-0.25, -0.2) is 13.4 Å². The van der Waals surface area contributed by atoms with Crippen LogP contribution >= 0.6 is 0 Å². The van der Waals surface area contributed by atoms with E-state index in [1.54, 1.807) is 36.4 Å². The van der Waals surface area contributed by atoms with E-state index in [-0.39, 0.29) is 10.6 Å². The molecule has 5 nitrogen and oxygen atoms in total. The summed E-state index contributed by atoms with van der Waals surface area (Å²) in [6, 6.07) is 11.7. The highest BCUT2D eigenvalue weighted by Crippen LogP contribution is 2.28. The van der Waals surface area contributed by atoms with Gasteiger partial charge in [-0.1, -0.05) is 6.07 Å². The number of sulfone groups is 1. The molecule has 0 aliphatic carbocycles. The Morgan fingerprint density at radius 2 is 1.76 bits per heavy atom. The van der Waals surface area contributed by atoms with Crippen molar-refractivity contribution in [1.29, 1.82) is 0 Å². The molecule has 108 valence electrons. The van der Waals surface area contributed by atoms with Gasteiger partial charge in [-0.05, 0) is 36.4 Å². The smallest absolute Gasteiger partial charge is 0.177 e. The molecule has 0 unspecified atom stereocenters. The first-order chi connectivity index (χ1) is 9.88. The highest BCUT2D eigenvalue weighted by Gasteiger charge is 2.17. The van der Waals surface area contributed by atoms with Crippen LogP contribution in [0.25, 0.3) is 22.4 Å². The van der Waals surface area contributed by atoms with E-state index in [1.165, 1.54) is 6.26 Å². The molecule has 3 aromatic rings. The van der Waals surface area contributed by atoms with Gasteiger partial charge >= 0.3 is 0 Å². The number of hydrogen-bond donors (Lipinski definition) is 1. The lowest BCUT2D eigenvalue weighted by Gasteiger charge is -2.02. The fourth-order valence-corrected chi connectivity index (χ4v) is 3.18. The van der Waals surface area contributed by atoms with Crippen LogP contribution in [-0.4, -0.2) is 29.3 Å². The van der Waals surface area contributed by atoms with E-state index in [9.17, 15) is 13.5 Å². The van der Waals surface area contributed by atoms with E-state index in [0.717, 1.165) is 11.1 Å². The van der Waals surface area contributed by atoms with Gasteiger partial charge in [-0.3, -0.25) is 0 Å². The molecule has 6 heteroatoms. The van der Waals surface area contributed by atoms with Crippen LogP contribution in [0.5, 0.6) is 5.75 Å². The quantitative estimate of drug-likeness (QED) is 0.788. The van der Waals surface area contributed by atoms with Crippen LogP contribution in [0.3, 0.4) is 0 Å². The molecule has 0 spiro atoms. The van der Waals surface area contributed by atoms with Crippen LogP contribution in [0.1, 0.15) is 0 Å². The molecule has 0 amide bonds. The number of hydrogen-bond acceptors (Lipinski definition) is 4. The highest BCUT2D eigenvalue weighted by atomic mass is 32.2. The standard InChI is InChI=1S/C15H14N2O3S/c1-17-12-4-3-5-13(21(2,19)20)14(12)16-15(17)10-6-8-11(18)9-7-10/h3-9,18H,1-2H3. The normalized spacial score (nSPS) is 11.9. The van der Waals surface area contributed by atoms with E-state index in [1.807, 2.05) is 17.7 Å². The molecule has 0 saturated carbocycles. The molecular weight excluding hydrogens is 288 g/mol. The molecule has 0 aliphatic rings. The molecule has 0 aliphatic heterocycles. The lowest BCUT2D eigenvalue weighted by molar-refractivity contribution is 0.475. The van der Waals surface area contributed by atoms with Gasteiger partial charge in [0.1, 0.15) is 17.1 Å². The van der Waals surface area contributed by atoms with Crippen molar-refractivity contribution in [1.82, 2.24) is 9.55 Å². The average molecular weight is 302 g/mol. The zero-order chi connectivity index (χ0) is 15.2. The molecule has 0 radical (unpaired) electrons. The third kappa shape index (κ3) is 2.27. The maximum Gasteiger partial charge on any atom is 0.177 e. The summed E-state index contributed by atoms with van der Waals surface area (Å²) >= 11 is 0. The number of phenolic OH excluding ortho intramolecular Hbond substituents is 1. The van der Waals surface area contributed by atoms with Crippen LogP contribution in [0.2, 0.25) is 0 Å². The molecule has 0 saturated heterocycles. The molecule has 3 rings (SSSR count). The number of aryl methyl sites for hydroxylation is 1. The molecule has 1 heterocycles. The number of aromatic nitrogens is 2. The fourth-order valence-electron chi connectivity index (χ4n) is 2.36. The van der Waals surface area contributed by atoms with Crippen molar-refractivity contribution in [2.24, 2.45) is 7.05 Å². The Hall–Kier alpha value is -2.34. The first-order valence-electron chi connectivity index (χ1n) is 6.33. The van der Waals surface area contributed by atoms with Gasteiger partial charge in [-0.2, -0.15) is 0 Å². The lowest BCUT2D eigenvalue weighted by atomic mass is 10.2. The first-order valence-corrected chi connectivity index (χ1v) is 8.22. The zero-order valence-electron chi connectivity index (χ0n) is 11.6. The summed E-state index contributed by atoms with van der Waals surface area (Å²) in [6.45, 7) is 0. The number of rotatable bonds is 2. The molecule has 1 N–H and O–H groups in total. The van der Waals surface area contributed by atoms with Crippen molar-refractivity contribution in [2.75, 3.05) is 6.26 Å². The molecule has 0 bridgehead atoms. The number of fused-ring (bicyclic) bond motifs is 1. The summed E-state index contributed by atoms with van der Waals surface area (Å²) in [6.07, 6.45) is 1.18. The lowest BCUT2D eigenvalue weighted by Crippen LogP contribution is -1.98. The van der Waals surface area contributed by atoms with Crippen molar-refractivity contribution >= 4 is 20.9 Å². The van der Waals surface area contributed by atoms with Crippen LogP contribution in [0.4, 0.5) is 0 Å². The molecule has 21 heavy (non-hydrogen) atoms. The molecule has 1 aromatic heterocycles. The van der Waals surface area contributed by atoms with Crippen LogP contribution in [-0.2, 0) is 16.9 Å². The van der Waals surface area contributed by atoms with Crippen molar-refractivity contribution < 1.29 is 13.5 Å². The Labute approximate surface area is 122 Å². The van der Waals surface area contributed by atoms with Gasteiger partial charge in [0.25, 0.3) is 0 Å². The molecule has 2 aromatic carbocycles. The van der Waals surface area contributed by atoms with Gasteiger partial charge < -0.3 is 9.67 Å². The fraction of sp³-hybridized carbons (Fsp3) is 0.133. The second-order valence-corrected chi connectivity index (χ2v) is 6.92. The molecule has 0 atom stereocenters. The maximum absolute atomic E-state index is 11.9. The summed E-state index contributed by atoms with van der Waals surface area (Å²) in [5, 5.41) is 9.36. The number of imidazole rings is 1. The highest BCUT2D eigenvalue weighted by molar-refractivity contribution is 7.91. The predicted molar refractivity (Wildman–Crippen MR) is 80.9 cm³/mol. The van der Waals surface area contributed by atoms with Crippen LogP contribution in [0.15, 0.2) is 47.4 Å². The first kappa shape index (κ1) is 13.6. The van der Waals surface area contributed by atoms with Crippen molar-refractivity contribution in [3.05, 3.63) is 42.5 Å². The monoisotopic (exact) mass is 302 g/mol. The largest absolute Gasteiger partial charge is 0.508 e. The minimum atomic E-state index is -3.34. The minimum absolute atomic E-state index is 0.175. The Balaban J connectivity index is 2.32. The maximum atomic E-state index is 11.9. The molecule has 0 fully saturated rings. The van der Waals surface area contributed by atoms with E-state index in [0.29, 0.717) is 11.3 Å². The van der Waals surface area contributed by atoms with Gasteiger partial charge in [0.15, 0.2) is 9.84 Å². The zero-order valence-corrected chi connectivity index (χ0v) is 12.4. The summed E-state index contributed by atoms with van der Waals surface area (Å²) in [5.41, 5.74) is 2.03. The molecular formula is C15H14N2O3S. The van der Waals surface area contributed by atoms with Crippen molar-refractivity contribution in [3.8, 4) is 17.1 Å². The van der Waals surface area contributed by atoms with E-state index in [2.05, 4.69) is 4.98 Å². The Morgan fingerprint density at radius 1 is 1.10 bits per heavy atom. The number of benzene rings is 2. The number of nitrogens with zero attached hydrogens (tertiary/aromatic N) is 2. The van der Waals surface area contributed by atoms with Crippen molar-refractivity contribution in [2.45, 2.75) is 4.90 Å². The number of para-hydroxylation sites is 1. The topological polar surface area (TPSA) is 72.2 Å². The van der Waals surface area contributed by atoms with Gasteiger partial charge in [0.2, 0.25) is 0 Å². The Morgan fingerprint density at radius 3 is 2.38 bits per heavy atom. The van der Waals surface area contributed by atoms with E-state index in [4.69, 9.17) is 0 Å². The number of phenols is 1. The van der Waals surface area contributed by atoms with E-state index < -0.39 is 9.84 Å². The third-order valence-corrected chi connectivity index (χ3v) is 4.53. The van der Waals surface area contributed by atoms with Crippen LogP contribution < -0.4 is 0 Å². The summed E-state index contributed by atoms with van der Waals surface area (Å²) in [7, 11) is -1.50. The Bertz CT molecular complexity index is 925. The van der Waals surface area contributed by atoms with Gasteiger partial charge in [0.05, 0.1) is 10.4 Å². The third-order valence-electron chi connectivity index (χ3n) is 3.40.